The van der Waals surface area contributed by atoms with Crippen LogP contribution in [0.4, 0.5) is 17.1 Å². The molecule has 8 nitrogen and oxygen atoms in total. The average molecular weight is 442 g/mol. The zero-order valence-corrected chi connectivity index (χ0v) is 19.3. The van der Waals surface area contributed by atoms with Crippen molar-refractivity contribution in [1.82, 2.24) is 0 Å². The van der Waals surface area contributed by atoms with Gasteiger partial charge in [0.05, 0.1) is 26.0 Å². The van der Waals surface area contributed by atoms with Gasteiger partial charge in [0.1, 0.15) is 28.6 Å². The highest BCUT2D eigenvalue weighted by Crippen LogP contribution is 2.42. The molecule has 0 bridgehead atoms. The summed E-state index contributed by atoms with van der Waals surface area (Å²) in [7, 11) is 1.55. The third kappa shape index (κ3) is 6.73. The maximum Gasteiger partial charge on any atom is 0.333 e. The lowest BCUT2D eigenvalue weighted by molar-refractivity contribution is -0.139. The van der Waals surface area contributed by atoms with Gasteiger partial charge in [0, 0.05) is 29.7 Å². The van der Waals surface area contributed by atoms with Gasteiger partial charge in [-0.1, -0.05) is 27.4 Å². The Balaban J connectivity index is 2.23. The first-order chi connectivity index (χ1) is 15.0. The second-order valence-corrected chi connectivity index (χ2v) is 8.33. The number of nitrogen functional groups attached to an aromatic ring is 1. The first-order valence-corrected chi connectivity index (χ1v) is 10.2. The lowest BCUT2D eigenvalue weighted by Crippen LogP contribution is -2.12. The van der Waals surface area contributed by atoms with Crippen LogP contribution in [0.15, 0.2) is 52.7 Å². The highest BCUT2D eigenvalue weighted by atomic mass is 16.5. The van der Waals surface area contributed by atoms with Gasteiger partial charge in [0.15, 0.2) is 0 Å². The molecule has 0 heterocycles. The summed E-state index contributed by atoms with van der Waals surface area (Å²) in [6, 6.07) is 8.44. The van der Waals surface area contributed by atoms with E-state index in [0.717, 1.165) is 0 Å². The number of rotatable bonds is 9. The Bertz CT molecular complexity index is 1010. The number of carbonyl (C=O) groups excluding carboxylic acids is 1. The molecule has 0 spiro atoms. The number of ether oxygens (including phenoxy) is 3. The predicted octanol–water partition coefficient (Wildman–Crippen LogP) is 5.58. The molecule has 0 radical (unpaired) electrons. The molecule has 0 aromatic heterocycles. The number of nitrogens with two attached hydrogens (primary N) is 1. The van der Waals surface area contributed by atoms with Crippen molar-refractivity contribution in [1.29, 1.82) is 0 Å². The molecule has 2 aromatic carbocycles. The molecule has 0 atom stereocenters. The summed E-state index contributed by atoms with van der Waals surface area (Å²) in [5, 5.41) is 19.2. The highest BCUT2D eigenvalue weighted by molar-refractivity contribution is 5.86. The summed E-state index contributed by atoms with van der Waals surface area (Å²) in [4.78, 5) is 11.4. The Labute approximate surface area is 188 Å². The molecule has 0 saturated carbocycles. The van der Waals surface area contributed by atoms with Crippen molar-refractivity contribution in [2.24, 2.45) is 10.2 Å². The third-order valence-electron chi connectivity index (χ3n) is 4.51. The van der Waals surface area contributed by atoms with Crippen molar-refractivity contribution in [2.45, 2.75) is 39.5 Å². The van der Waals surface area contributed by atoms with Gasteiger partial charge in [-0.3, -0.25) is 0 Å². The summed E-state index contributed by atoms with van der Waals surface area (Å²) in [6.07, 6.45) is 0.502. The molecule has 0 aliphatic carbocycles. The van der Waals surface area contributed by atoms with Crippen LogP contribution in [0.3, 0.4) is 0 Å². The van der Waals surface area contributed by atoms with Gasteiger partial charge < -0.3 is 25.1 Å². The van der Waals surface area contributed by atoms with Gasteiger partial charge in [-0.05, 0) is 30.5 Å². The molecule has 0 saturated heterocycles. The number of phenols is 1. The van der Waals surface area contributed by atoms with Crippen LogP contribution in [0.2, 0.25) is 0 Å². The van der Waals surface area contributed by atoms with E-state index < -0.39 is 5.97 Å². The normalized spacial score (nSPS) is 11.4. The molecule has 8 heteroatoms. The molecule has 2 rings (SSSR count). The Morgan fingerprint density at radius 1 is 1.09 bits per heavy atom. The third-order valence-corrected chi connectivity index (χ3v) is 4.51. The van der Waals surface area contributed by atoms with E-state index in [1.54, 1.807) is 44.4 Å². The van der Waals surface area contributed by atoms with Crippen LogP contribution in [0.25, 0.3) is 0 Å². The molecular weight excluding hydrogens is 410 g/mol. The van der Waals surface area contributed by atoms with Crippen LogP contribution >= 0.6 is 0 Å². The molecule has 0 aliphatic heterocycles. The highest BCUT2D eigenvalue weighted by Gasteiger charge is 2.22. The maximum absolute atomic E-state index is 11.4. The summed E-state index contributed by atoms with van der Waals surface area (Å²) in [5.41, 5.74) is 7.73. The fourth-order valence-electron chi connectivity index (χ4n) is 2.71. The van der Waals surface area contributed by atoms with Crippen molar-refractivity contribution in [3.63, 3.8) is 0 Å². The molecule has 3 N–H and O–H groups in total. The average Bonchev–Trinajstić information content (AvgIpc) is 2.73. The number of azo groups is 1. The predicted molar refractivity (Wildman–Crippen MR) is 124 cm³/mol. The molecule has 0 fully saturated rings. The fraction of sp³-hybridized carbons (Fsp3) is 0.375. The van der Waals surface area contributed by atoms with Crippen molar-refractivity contribution in [2.75, 3.05) is 26.1 Å². The zero-order valence-electron chi connectivity index (χ0n) is 19.3. The van der Waals surface area contributed by atoms with Crippen LogP contribution in [0, 0.1) is 0 Å². The number of methoxy groups -OCH3 is 1. The van der Waals surface area contributed by atoms with Gasteiger partial charge in [0.25, 0.3) is 0 Å². The minimum Gasteiger partial charge on any atom is -0.505 e. The number of nitrogens with zero attached hydrogens (tertiary/aromatic N) is 2. The van der Waals surface area contributed by atoms with E-state index in [-0.39, 0.29) is 23.5 Å². The van der Waals surface area contributed by atoms with E-state index in [0.29, 0.717) is 47.0 Å². The summed E-state index contributed by atoms with van der Waals surface area (Å²) in [6.45, 7) is 11.6. The van der Waals surface area contributed by atoms with Crippen LogP contribution in [0.1, 0.15) is 39.7 Å². The van der Waals surface area contributed by atoms with Gasteiger partial charge >= 0.3 is 5.97 Å². The minimum absolute atomic E-state index is 0.0189. The molecule has 32 heavy (non-hydrogen) atoms. The number of hydrogen-bond acceptors (Lipinski definition) is 8. The number of benzene rings is 2. The SMILES string of the molecule is C=C(C)C(=O)OCCCOc1cc(N=Nc2cc(OC)ccc2N)c(O)c(C(C)(C)C)c1. The molecule has 0 aliphatic rings. The largest absolute Gasteiger partial charge is 0.505 e. The Morgan fingerprint density at radius 3 is 2.38 bits per heavy atom. The summed E-state index contributed by atoms with van der Waals surface area (Å²) < 4.78 is 16.1. The summed E-state index contributed by atoms with van der Waals surface area (Å²) in [5.74, 6) is 0.707. The molecule has 0 amide bonds. The van der Waals surface area contributed by atoms with Crippen molar-refractivity contribution in [3.8, 4) is 17.2 Å². The van der Waals surface area contributed by atoms with Gasteiger partial charge in [-0.2, -0.15) is 0 Å². The molecule has 0 unspecified atom stereocenters. The number of anilines is 1. The number of esters is 1. The molecule has 2 aromatic rings. The zero-order chi connectivity index (χ0) is 23.9. The first-order valence-electron chi connectivity index (χ1n) is 10.2. The number of aromatic hydroxyl groups is 1. The maximum atomic E-state index is 11.4. The van der Waals surface area contributed by atoms with Crippen molar-refractivity contribution < 1.29 is 24.1 Å². The minimum atomic E-state index is -0.427. The van der Waals surface area contributed by atoms with E-state index in [2.05, 4.69) is 16.8 Å². The van der Waals surface area contributed by atoms with Crippen molar-refractivity contribution >= 4 is 23.0 Å². The lowest BCUT2D eigenvalue weighted by atomic mass is 9.86. The monoisotopic (exact) mass is 441 g/mol. The van der Waals surface area contributed by atoms with Crippen molar-refractivity contribution in [3.05, 3.63) is 48.0 Å². The van der Waals surface area contributed by atoms with Crippen LogP contribution < -0.4 is 15.2 Å². The Hall–Kier alpha value is -3.55. The topological polar surface area (TPSA) is 116 Å². The second kappa shape index (κ2) is 10.7. The fourth-order valence-corrected chi connectivity index (χ4v) is 2.71. The first kappa shape index (κ1) is 24.7. The van der Waals surface area contributed by atoms with Crippen LogP contribution in [-0.4, -0.2) is 31.4 Å². The number of carbonyl (C=O) groups is 1. The van der Waals surface area contributed by atoms with Crippen LogP contribution in [-0.2, 0) is 14.9 Å². The second-order valence-electron chi connectivity index (χ2n) is 8.33. The Kier molecular flexibility index (Phi) is 8.23. The van der Waals surface area contributed by atoms with E-state index in [9.17, 15) is 9.90 Å². The molecular formula is C24H31N3O5. The standard InChI is InChI=1S/C24H31N3O5/c1-15(2)23(29)32-11-7-10-31-17-12-18(24(3,4)5)22(28)21(14-17)27-26-20-13-16(30-6)8-9-19(20)25/h8-9,12-14,28H,1,7,10-11,25H2,2-6H3. The van der Waals surface area contributed by atoms with E-state index in [4.69, 9.17) is 19.9 Å². The summed E-state index contributed by atoms with van der Waals surface area (Å²) >= 11 is 0. The van der Waals surface area contributed by atoms with Gasteiger partial charge in [-0.15, -0.1) is 10.2 Å². The van der Waals surface area contributed by atoms with Gasteiger partial charge in [0.2, 0.25) is 0 Å². The number of phenolic OH excluding ortho intramolecular Hbond substituents is 1. The quantitative estimate of drug-likeness (QED) is 0.172. The van der Waals surface area contributed by atoms with E-state index in [1.165, 1.54) is 0 Å². The molecule has 172 valence electrons. The van der Waals surface area contributed by atoms with Gasteiger partial charge in [-0.25, -0.2) is 4.79 Å². The van der Waals surface area contributed by atoms with Crippen LogP contribution in [0.5, 0.6) is 17.2 Å². The Morgan fingerprint density at radius 2 is 1.75 bits per heavy atom. The number of hydrogen-bond donors (Lipinski definition) is 2. The lowest BCUT2D eigenvalue weighted by Gasteiger charge is -2.22. The smallest absolute Gasteiger partial charge is 0.333 e. The van der Waals surface area contributed by atoms with E-state index >= 15 is 0 Å². The van der Waals surface area contributed by atoms with E-state index in [1.807, 2.05) is 20.8 Å².